The highest BCUT2D eigenvalue weighted by atomic mass is 32.2. The minimum Gasteiger partial charge on any atom is -0.342 e. The zero-order chi connectivity index (χ0) is 16.2. The summed E-state index contributed by atoms with van der Waals surface area (Å²) in [7, 11) is 0. The topological polar surface area (TPSA) is 33.2 Å². The Kier molecular flexibility index (Phi) is 5.38. The predicted molar refractivity (Wildman–Crippen MR) is 98.0 cm³/mol. The maximum atomic E-state index is 12.3. The molecule has 3 rings (SSSR count). The molecule has 1 aliphatic heterocycles. The van der Waals surface area contributed by atoms with Crippen molar-refractivity contribution < 1.29 is 4.79 Å². The predicted octanol–water partition coefficient (Wildman–Crippen LogP) is 4.47. The molecular formula is C18H22N2OS2. The lowest BCUT2D eigenvalue weighted by molar-refractivity contribution is -0.129. The molecule has 1 fully saturated rings. The van der Waals surface area contributed by atoms with Crippen LogP contribution >= 0.6 is 23.1 Å². The highest BCUT2D eigenvalue weighted by Crippen LogP contribution is 2.29. The van der Waals surface area contributed by atoms with Gasteiger partial charge in [-0.1, -0.05) is 48.5 Å². The Morgan fingerprint density at radius 2 is 2.00 bits per heavy atom. The summed E-state index contributed by atoms with van der Waals surface area (Å²) in [6.45, 7) is 6.16. The van der Waals surface area contributed by atoms with Gasteiger partial charge in [-0.25, -0.2) is 4.98 Å². The van der Waals surface area contributed by atoms with Crippen molar-refractivity contribution in [2.45, 2.75) is 31.0 Å². The van der Waals surface area contributed by atoms with Crippen LogP contribution in [0.15, 0.2) is 34.0 Å². The molecule has 3 nitrogen and oxygen atoms in total. The Labute approximate surface area is 146 Å². The molecule has 1 aromatic carbocycles. The number of thioether (sulfide) groups is 1. The van der Waals surface area contributed by atoms with E-state index < -0.39 is 0 Å². The number of hydrogen-bond donors (Lipinski definition) is 0. The van der Waals surface area contributed by atoms with E-state index in [0.717, 1.165) is 47.4 Å². The lowest BCUT2D eigenvalue weighted by atomic mass is 9.99. The van der Waals surface area contributed by atoms with E-state index in [2.05, 4.69) is 48.5 Å². The average Bonchev–Trinajstić information content (AvgIpc) is 3.03. The van der Waals surface area contributed by atoms with E-state index in [1.54, 1.807) is 23.1 Å². The van der Waals surface area contributed by atoms with E-state index in [-0.39, 0.29) is 5.91 Å². The Hall–Kier alpha value is -1.33. The summed E-state index contributed by atoms with van der Waals surface area (Å²) in [5.74, 6) is 1.49. The molecule has 0 aliphatic carbocycles. The molecule has 0 spiro atoms. The van der Waals surface area contributed by atoms with Crippen molar-refractivity contribution >= 4 is 29.0 Å². The Morgan fingerprint density at radius 1 is 1.30 bits per heavy atom. The van der Waals surface area contributed by atoms with Crippen molar-refractivity contribution in [3.05, 3.63) is 35.2 Å². The number of carbonyl (C=O) groups is 1. The van der Waals surface area contributed by atoms with Crippen LogP contribution in [0, 0.1) is 12.8 Å². The second-order valence-corrected chi connectivity index (χ2v) is 8.30. The van der Waals surface area contributed by atoms with Crippen LogP contribution in [-0.4, -0.2) is 34.6 Å². The van der Waals surface area contributed by atoms with E-state index >= 15 is 0 Å². The van der Waals surface area contributed by atoms with Gasteiger partial charge in [0.1, 0.15) is 0 Å². The molecule has 2 heterocycles. The van der Waals surface area contributed by atoms with Gasteiger partial charge < -0.3 is 4.90 Å². The number of benzene rings is 1. The number of amides is 1. The SMILES string of the molecule is Cc1ccc(-c2csc(SCC(=O)N3CCC(C)CC3)n2)cc1. The number of carbonyl (C=O) groups excluding carboxylic acids is 1. The molecule has 0 atom stereocenters. The molecule has 0 N–H and O–H groups in total. The highest BCUT2D eigenvalue weighted by molar-refractivity contribution is 8.01. The lowest BCUT2D eigenvalue weighted by Gasteiger charge is -2.30. The van der Waals surface area contributed by atoms with Gasteiger partial charge in [-0.15, -0.1) is 11.3 Å². The van der Waals surface area contributed by atoms with Crippen molar-refractivity contribution in [1.29, 1.82) is 0 Å². The van der Waals surface area contributed by atoms with Crippen LogP contribution in [0.5, 0.6) is 0 Å². The third-order valence-electron chi connectivity index (χ3n) is 4.29. The summed E-state index contributed by atoms with van der Waals surface area (Å²) in [5.41, 5.74) is 3.38. The first-order valence-electron chi connectivity index (χ1n) is 8.05. The largest absolute Gasteiger partial charge is 0.342 e. The van der Waals surface area contributed by atoms with E-state index in [1.807, 2.05) is 4.90 Å². The van der Waals surface area contributed by atoms with E-state index in [0.29, 0.717) is 5.75 Å². The van der Waals surface area contributed by atoms with Gasteiger partial charge in [0.2, 0.25) is 5.91 Å². The van der Waals surface area contributed by atoms with Crippen LogP contribution in [0.4, 0.5) is 0 Å². The van der Waals surface area contributed by atoms with Crippen LogP contribution < -0.4 is 0 Å². The van der Waals surface area contributed by atoms with Crippen LogP contribution in [0.3, 0.4) is 0 Å². The van der Waals surface area contributed by atoms with Crippen molar-refractivity contribution in [3.8, 4) is 11.3 Å². The lowest BCUT2D eigenvalue weighted by Crippen LogP contribution is -2.38. The molecule has 1 saturated heterocycles. The number of nitrogens with zero attached hydrogens (tertiary/aromatic N) is 2. The maximum Gasteiger partial charge on any atom is 0.233 e. The van der Waals surface area contributed by atoms with Gasteiger partial charge in [-0.3, -0.25) is 4.79 Å². The van der Waals surface area contributed by atoms with Crippen molar-refractivity contribution in [2.24, 2.45) is 5.92 Å². The smallest absolute Gasteiger partial charge is 0.233 e. The van der Waals surface area contributed by atoms with E-state index in [9.17, 15) is 4.79 Å². The standard InChI is InChI=1S/C18H22N2OS2/c1-13-3-5-15(6-4-13)16-11-22-18(19-16)23-12-17(21)20-9-7-14(2)8-10-20/h3-6,11,14H,7-10,12H2,1-2H3. The maximum absolute atomic E-state index is 12.3. The summed E-state index contributed by atoms with van der Waals surface area (Å²) in [6, 6.07) is 8.39. The van der Waals surface area contributed by atoms with Gasteiger partial charge in [-0.2, -0.15) is 0 Å². The molecule has 2 aromatic rings. The number of hydrogen-bond acceptors (Lipinski definition) is 4. The van der Waals surface area contributed by atoms with Crippen LogP contribution in [-0.2, 0) is 4.79 Å². The summed E-state index contributed by atoms with van der Waals surface area (Å²) >= 11 is 3.18. The third kappa shape index (κ3) is 4.36. The molecule has 23 heavy (non-hydrogen) atoms. The number of piperidine rings is 1. The molecule has 1 aromatic heterocycles. The quantitative estimate of drug-likeness (QED) is 0.766. The fourth-order valence-electron chi connectivity index (χ4n) is 2.65. The number of likely N-dealkylation sites (tertiary alicyclic amines) is 1. The molecule has 0 bridgehead atoms. The Balaban J connectivity index is 1.55. The van der Waals surface area contributed by atoms with Gasteiger partial charge in [0.05, 0.1) is 11.4 Å². The van der Waals surface area contributed by atoms with Gasteiger partial charge >= 0.3 is 0 Å². The van der Waals surface area contributed by atoms with Gasteiger partial charge in [0.25, 0.3) is 0 Å². The normalized spacial score (nSPS) is 15.8. The zero-order valence-corrected chi connectivity index (χ0v) is 15.3. The monoisotopic (exact) mass is 346 g/mol. The first kappa shape index (κ1) is 16.5. The average molecular weight is 347 g/mol. The minimum atomic E-state index is 0.244. The number of aryl methyl sites for hydroxylation is 1. The van der Waals surface area contributed by atoms with E-state index in [4.69, 9.17) is 0 Å². The van der Waals surface area contributed by atoms with Crippen molar-refractivity contribution in [1.82, 2.24) is 9.88 Å². The van der Waals surface area contributed by atoms with Gasteiger partial charge in [0, 0.05) is 24.0 Å². The van der Waals surface area contributed by atoms with Crippen LogP contribution in [0.1, 0.15) is 25.3 Å². The molecule has 5 heteroatoms. The number of aromatic nitrogens is 1. The van der Waals surface area contributed by atoms with Crippen LogP contribution in [0.25, 0.3) is 11.3 Å². The van der Waals surface area contributed by atoms with E-state index in [1.165, 1.54) is 5.56 Å². The second kappa shape index (κ2) is 7.49. The molecule has 0 unspecified atom stereocenters. The Bertz CT molecular complexity index is 658. The molecule has 0 radical (unpaired) electrons. The van der Waals surface area contributed by atoms with Crippen LogP contribution in [0.2, 0.25) is 0 Å². The highest BCUT2D eigenvalue weighted by Gasteiger charge is 2.20. The zero-order valence-electron chi connectivity index (χ0n) is 13.6. The first-order valence-corrected chi connectivity index (χ1v) is 9.91. The minimum absolute atomic E-state index is 0.244. The molecule has 1 amide bonds. The fourth-order valence-corrected chi connectivity index (χ4v) is 4.39. The van der Waals surface area contributed by atoms with Gasteiger partial charge in [0.15, 0.2) is 4.34 Å². The fraction of sp³-hybridized carbons (Fsp3) is 0.444. The van der Waals surface area contributed by atoms with Gasteiger partial charge in [-0.05, 0) is 25.7 Å². The molecular weight excluding hydrogens is 324 g/mol. The first-order chi connectivity index (χ1) is 11.1. The summed E-state index contributed by atoms with van der Waals surface area (Å²) in [4.78, 5) is 18.9. The number of thiazole rings is 1. The van der Waals surface area contributed by atoms with Crippen molar-refractivity contribution in [2.75, 3.05) is 18.8 Å². The Morgan fingerprint density at radius 3 is 2.70 bits per heavy atom. The molecule has 1 aliphatic rings. The second-order valence-electron chi connectivity index (χ2n) is 6.22. The summed E-state index contributed by atoms with van der Waals surface area (Å²) < 4.78 is 0.972. The van der Waals surface area contributed by atoms with Crippen molar-refractivity contribution in [3.63, 3.8) is 0 Å². The third-order valence-corrected chi connectivity index (χ3v) is 6.29. The molecule has 122 valence electrons. The molecule has 0 saturated carbocycles. The summed E-state index contributed by atoms with van der Waals surface area (Å²) in [6.07, 6.45) is 2.26. The summed E-state index contributed by atoms with van der Waals surface area (Å²) in [5, 5.41) is 2.07. The number of rotatable bonds is 4.